The molecule has 0 bridgehead atoms. The number of hydrogen-bond acceptors (Lipinski definition) is 5. The van der Waals surface area contributed by atoms with Gasteiger partial charge in [0.25, 0.3) is 0 Å². The molecular weight excluding hydrogens is 570 g/mol. The van der Waals surface area contributed by atoms with Gasteiger partial charge in [0.05, 0.1) is 22.4 Å². The van der Waals surface area contributed by atoms with Crippen LogP contribution in [0.4, 0.5) is 5.82 Å². The minimum atomic E-state index is -0.350. The zero-order chi connectivity index (χ0) is 30.3. The summed E-state index contributed by atoms with van der Waals surface area (Å²) in [6.45, 7) is 13.8. The molecule has 2 aliphatic heterocycles. The van der Waals surface area contributed by atoms with Crippen molar-refractivity contribution < 1.29 is 14.4 Å². The second-order valence-corrected chi connectivity index (χ2v) is 13.7. The summed E-state index contributed by atoms with van der Waals surface area (Å²) in [6.07, 6.45) is 0. The Morgan fingerprint density at radius 2 is 1.71 bits per heavy atom. The molecule has 3 amide bonds. The van der Waals surface area contributed by atoms with Crippen LogP contribution < -0.4 is 4.90 Å². The molecule has 1 saturated heterocycles. The monoisotopic (exact) mass is 607 g/mol. The Morgan fingerprint density at radius 1 is 1.02 bits per heavy atom. The number of benzene rings is 2. The summed E-state index contributed by atoms with van der Waals surface area (Å²) >= 11 is 8.00. The number of piperazine rings is 1. The summed E-state index contributed by atoms with van der Waals surface area (Å²) in [7, 11) is 0. The molecule has 0 saturated carbocycles. The SMILES string of the molecule is CC(=O)N1CCN(C(=O)CN2C(=O)CS[C@H](c3cccc(Cl)c3)c3c(C(C)(C)C)nn(-c4ccc(C)cc4C)c32)CC1. The van der Waals surface area contributed by atoms with E-state index >= 15 is 0 Å². The highest BCUT2D eigenvalue weighted by Gasteiger charge is 2.40. The van der Waals surface area contributed by atoms with Crippen LogP contribution in [0.15, 0.2) is 42.5 Å². The molecule has 0 N–H and O–H groups in total. The molecule has 222 valence electrons. The van der Waals surface area contributed by atoms with E-state index in [2.05, 4.69) is 26.8 Å². The zero-order valence-corrected chi connectivity index (χ0v) is 26.7. The van der Waals surface area contributed by atoms with Crippen LogP contribution in [-0.2, 0) is 19.8 Å². The Kier molecular flexibility index (Phi) is 8.45. The summed E-state index contributed by atoms with van der Waals surface area (Å²) in [5.74, 6) is 0.545. The van der Waals surface area contributed by atoms with Crippen molar-refractivity contribution in [1.82, 2.24) is 19.6 Å². The standard InChI is InChI=1S/C32H38ClN5O3S/c1-20-10-11-25(21(2)16-20)38-31-28(30(34-38)32(4,5)6)29(23-8-7-9-24(33)17-23)42-19-27(41)37(31)18-26(40)36-14-12-35(13-15-36)22(3)39/h7-11,16-17,29H,12-15,18-19H2,1-6H3/t29-/m1/s1. The molecule has 42 heavy (non-hydrogen) atoms. The fraction of sp³-hybridized carbons (Fsp3) is 0.438. The molecule has 1 fully saturated rings. The first-order valence-electron chi connectivity index (χ1n) is 14.3. The molecule has 3 aromatic rings. The summed E-state index contributed by atoms with van der Waals surface area (Å²) in [5, 5.41) is 5.62. The Balaban J connectivity index is 1.68. The van der Waals surface area contributed by atoms with E-state index in [0.717, 1.165) is 33.6 Å². The van der Waals surface area contributed by atoms with Gasteiger partial charge in [0, 0.05) is 49.1 Å². The zero-order valence-electron chi connectivity index (χ0n) is 25.1. The van der Waals surface area contributed by atoms with Crippen LogP contribution in [0.5, 0.6) is 0 Å². The van der Waals surface area contributed by atoms with Crippen LogP contribution in [0.2, 0.25) is 5.02 Å². The van der Waals surface area contributed by atoms with E-state index in [1.54, 1.807) is 21.6 Å². The number of hydrogen-bond donors (Lipinski definition) is 0. The highest BCUT2D eigenvalue weighted by atomic mass is 35.5. The van der Waals surface area contributed by atoms with Crippen molar-refractivity contribution in [1.29, 1.82) is 0 Å². The Hall–Kier alpha value is -3.30. The van der Waals surface area contributed by atoms with Crippen LogP contribution in [0.3, 0.4) is 0 Å². The number of carbonyl (C=O) groups is 3. The maximum absolute atomic E-state index is 14.0. The average molecular weight is 608 g/mol. The largest absolute Gasteiger partial charge is 0.339 e. The van der Waals surface area contributed by atoms with E-state index < -0.39 is 0 Å². The average Bonchev–Trinajstić information content (AvgIpc) is 3.25. The lowest BCUT2D eigenvalue weighted by atomic mass is 9.87. The smallest absolute Gasteiger partial charge is 0.242 e. The van der Waals surface area contributed by atoms with Crippen LogP contribution in [0.25, 0.3) is 5.69 Å². The molecule has 0 aliphatic carbocycles. The van der Waals surface area contributed by atoms with Crippen molar-refractivity contribution in [2.24, 2.45) is 0 Å². The topological polar surface area (TPSA) is 78.8 Å². The van der Waals surface area contributed by atoms with E-state index in [-0.39, 0.29) is 40.7 Å². The lowest BCUT2D eigenvalue weighted by Crippen LogP contribution is -2.53. The quantitative estimate of drug-likeness (QED) is 0.402. The minimum absolute atomic E-state index is 0.00518. The van der Waals surface area contributed by atoms with Crippen molar-refractivity contribution >= 4 is 46.9 Å². The van der Waals surface area contributed by atoms with Gasteiger partial charge in [0.2, 0.25) is 17.7 Å². The van der Waals surface area contributed by atoms with Crippen molar-refractivity contribution in [3.05, 3.63) is 75.4 Å². The fourth-order valence-electron chi connectivity index (χ4n) is 5.72. The number of carbonyl (C=O) groups excluding carboxylic acids is 3. The Morgan fingerprint density at radius 3 is 2.33 bits per heavy atom. The normalized spacial score (nSPS) is 17.7. The third kappa shape index (κ3) is 5.95. The van der Waals surface area contributed by atoms with Gasteiger partial charge in [-0.05, 0) is 43.2 Å². The van der Waals surface area contributed by atoms with Gasteiger partial charge in [0.1, 0.15) is 12.4 Å². The number of anilines is 1. The van der Waals surface area contributed by atoms with Crippen LogP contribution >= 0.6 is 23.4 Å². The number of fused-ring (bicyclic) bond motifs is 1. The molecule has 2 aromatic carbocycles. The molecule has 1 atom stereocenters. The lowest BCUT2D eigenvalue weighted by Gasteiger charge is -2.35. The molecule has 3 heterocycles. The van der Waals surface area contributed by atoms with Gasteiger partial charge in [-0.1, -0.05) is 62.2 Å². The Labute approximate surface area is 257 Å². The molecular formula is C32H38ClN5O3S. The predicted molar refractivity (Wildman–Crippen MR) is 169 cm³/mol. The van der Waals surface area contributed by atoms with Gasteiger partial charge >= 0.3 is 0 Å². The molecule has 0 unspecified atom stereocenters. The number of aryl methyl sites for hydroxylation is 2. The number of rotatable bonds is 4. The number of thioether (sulfide) groups is 1. The number of amides is 3. The van der Waals surface area contributed by atoms with Gasteiger partial charge in [0.15, 0.2) is 0 Å². The van der Waals surface area contributed by atoms with Crippen molar-refractivity contribution in [2.75, 3.05) is 43.4 Å². The summed E-state index contributed by atoms with van der Waals surface area (Å²) in [5.41, 5.74) is 5.45. The van der Waals surface area contributed by atoms with Crippen LogP contribution in [-0.4, -0.2) is 75.8 Å². The Bertz CT molecular complexity index is 1540. The summed E-state index contributed by atoms with van der Waals surface area (Å²) in [6, 6.07) is 13.9. The minimum Gasteiger partial charge on any atom is -0.339 e. The molecule has 5 rings (SSSR count). The van der Waals surface area contributed by atoms with E-state index in [1.165, 1.54) is 11.8 Å². The fourth-order valence-corrected chi connectivity index (χ4v) is 7.11. The van der Waals surface area contributed by atoms with Gasteiger partial charge < -0.3 is 9.80 Å². The molecule has 2 aliphatic rings. The van der Waals surface area contributed by atoms with Gasteiger partial charge in [-0.3, -0.25) is 19.3 Å². The first-order chi connectivity index (χ1) is 19.8. The third-order valence-corrected chi connectivity index (χ3v) is 9.39. The molecule has 8 nitrogen and oxygen atoms in total. The van der Waals surface area contributed by atoms with Crippen molar-refractivity contribution in [2.45, 2.75) is 52.2 Å². The highest BCUT2D eigenvalue weighted by Crippen LogP contribution is 2.49. The number of aromatic nitrogens is 2. The van der Waals surface area contributed by atoms with Crippen LogP contribution in [0.1, 0.15) is 60.9 Å². The number of halogens is 1. The van der Waals surface area contributed by atoms with E-state index in [1.807, 2.05) is 54.9 Å². The van der Waals surface area contributed by atoms with Crippen molar-refractivity contribution in [3.8, 4) is 5.69 Å². The van der Waals surface area contributed by atoms with Gasteiger partial charge in [-0.2, -0.15) is 5.10 Å². The van der Waals surface area contributed by atoms with E-state index in [0.29, 0.717) is 37.0 Å². The van der Waals surface area contributed by atoms with E-state index in [9.17, 15) is 14.4 Å². The van der Waals surface area contributed by atoms with Crippen molar-refractivity contribution in [3.63, 3.8) is 0 Å². The van der Waals surface area contributed by atoms with Gasteiger partial charge in [-0.15, -0.1) is 11.8 Å². The second-order valence-electron chi connectivity index (χ2n) is 12.2. The molecule has 10 heteroatoms. The molecule has 1 aromatic heterocycles. The lowest BCUT2D eigenvalue weighted by molar-refractivity contribution is -0.137. The summed E-state index contributed by atoms with van der Waals surface area (Å²) < 4.78 is 1.87. The maximum Gasteiger partial charge on any atom is 0.242 e. The van der Waals surface area contributed by atoms with Crippen LogP contribution in [0, 0.1) is 13.8 Å². The third-order valence-electron chi connectivity index (χ3n) is 7.90. The molecule has 0 spiro atoms. The number of nitrogens with zero attached hydrogens (tertiary/aromatic N) is 5. The second kappa shape index (κ2) is 11.8. The summed E-state index contributed by atoms with van der Waals surface area (Å²) in [4.78, 5) is 44.7. The predicted octanol–water partition coefficient (Wildman–Crippen LogP) is 5.30. The maximum atomic E-state index is 14.0. The van der Waals surface area contributed by atoms with Gasteiger partial charge in [-0.25, -0.2) is 4.68 Å². The first-order valence-corrected chi connectivity index (χ1v) is 15.7. The molecule has 0 radical (unpaired) electrons. The van der Waals surface area contributed by atoms with E-state index in [4.69, 9.17) is 16.7 Å². The first kappa shape index (κ1) is 30.2. The highest BCUT2D eigenvalue weighted by molar-refractivity contribution is 8.00.